The van der Waals surface area contributed by atoms with Gasteiger partial charge < -0.3 is 15.3 Å². The average molecular weight is 200 g/mol. The molecule has 2 N–H and O–H groups in total. The Hall–Kier alpha value is -0.610. The van der Waals surface area contributed by atoms with Gasteiger partial charge in [0.25, 0.3) is 0 Å². The zero-order chi connectivity index (χ0) is 10.8. The number of carboxylic acids is 1. The van der Waals surface area contributed by atoms with E-state index in [-0.39, 0.29) is 5.54 Å². The molecular formula is C10H20N2O2. The van der Waals surface area contributed by atoms with Gasteiger partial charge in [-0.3, -0.25) is 4.79 Å². The van der Waals surface area contributed by atoms with Crippen LogP contribution in [0, 0.1) is 0 Å². The number of hydrogen-bond acceptors (Lipinski definition) is 3. The molecule has 0 saturated heterocycles. The lowest BCUT2D eigenvalue weighted by atomic mass is 9.75. The van der Waals surface area contributed by atoms with E-state index in [1.54, 1.807) is 6.92 Å². The zero-order valence-electron chi connectivity index (χ0n) is 9.21. The van der Waals surface area contributed by atoms with E-state index < -0.39 is 12.0 Å². The molecule has 0 amide bonds. The van der Waals surface area contributed by atoms with Gasteiger partial charge in [-0.05, 0) is 40.3 Å². The van der Waals surface area contributed by atoms with E-state index in [9.17, 15) is 4.79 Å². The van der Waals surface area contributed by atoms with E-state index >= 15 is 0 Å². The molecule has 0 spiro atoms. The minimum Gasteiger partial charge on any atom is -0.480 e. The molecule has 4 nitrogen and oxygen atoms in total. The van der Waals surface area contributed by atoms with Gasteiger partial charge in [0.1, 0.15) is 6.04 Å². The fraction of sp³-hybridized carbons (Fsp3) is 0.900. The van der Waals surface area contributed by atoms with Gasteiger partial charge in [0.15, 0.2) is 0 Å². The van der Waals surface area contributed by atoms with Crippen molar-refractivity contribution in [1.29, 1.82) is 0 Å². The molecule has 1 aliphatic carbocycles. The Kier molecular flexibility index (Phi) is 3.50. The van der Waals surface area contributed by atoms with E-state index in [0.29, 0.717) is 0 Å². The maximum Gasteiger partial charge on any atom is 0.320 e. The highest BCUT2D eigenvalue weighted by Gasteiger charge is 2.39. The second-order valence-corrected chi connectivity index (χ2v) is 4.41. The molecule has 1 saturated carbocycles. The van der Waals surface area contributed by atoms with Crippen molar-refractivity contribution in [3.05, 3.63) is 0 Å². The molecular weight excluding hydrogens is 180 g/mol. The van der Waals surface area contributed by atoms with Crippen LogP contribution in [0.25, 0.3) is 0 Å². The monoisotopic (exact) mass is 200 g/mol. The van der Waals surface area contributed by atoms with Crippen LogP contribution in [0.2, 0.25) is 0 Å². The molecule has 0 radical (unpaired) electrons. The number of likely N-dealkylation sites (N-methyl/N-ethyl adjacent to an activating group) is 1. The Balaban J connectivity index is 2.39. The molecule has 0 bridgehead atoms. The van der Waals surface area contributed by atoms with E-state index in [0.717, 1.165) is 6.54 Å². The van der Waals surface area contributed by atoms with Gasteiger partial charge in [-0.25, -0.2) is 0 Å². The summed E-state index contributed by atoms with van der Waals surface area (Å²) in [5, 5.41) is 11.8. The van der Waals surface area contributed by atoms with Crippen molar-refractivity contribution in [2.45, 2.75) is 37.8 Å². The fourth-order valence-electron chi connectivity index (χ4n) is 1.80. The number of nitrogens with one attached hydrogen (secondary N) is 1. The predicted molar refractivity (Wildman–Crippen MR) is 55.4 cm³/mol. The minimum atomic E-state index is -0.779. The van der Waals surface area contributed by atoms with Crippen LogP contribution in [0.3, 0.4) is 0 Å². The number of nitrogens with zero attached hydrogens (tertiary/aromatic N) is 1. The second kappa shape index (κ2) is 4.28. The standard InChI is InChI=1S/C10H20N2O2/c1-8(9(13)14)11-7-10(12(2)3)5-4-6-10/h8,11H,4-7H2,1-3H3,(H,13,14). The van der Waals surface area contributed by atoms with Crippen molar-refractivity contribution >= 4 is 5.97 Å². The number of carboxylic acid groups (broad SMARTS) is 1. The Morgan fingerprint density at radius 2 is 2.14 bits per heavy atom. The fourth-order valence-corrected chi connectivity index (χ4v) is 1.80. The molecule has 14 heavy (non-hydrogen) atoms. The largest absolute Gasteiger partial charge is 0.480 e. The molecule has 0 aromatic heterocycles. The summed E-state index contributed by atoms with van der Waals surface area (Å²) in [4.78, 5) is 12.8. The van der Waals surface area contributed by atoms with Gasteiger partial charge in [0.05, 0.1) is 0 Å². The summed E-state index contributed by atoms with van der Waals surface area (Å²) in [6, 6.07) is -0.451. The first-order valence-electron chi connectivity index (χ1n) is 5.11. The quantitative estimate of drug-likeness (QED) is 0.680. The van der Waals surface area contributed by atoms with Crippen molar-refractivity contribution in [2.75, 3.05) is 20.6 Å². The smallest absolute Gasteiger partial charge is 0.320 e. The first-order valence-corrected chi connectivity index (χ1v) is 5.11. The van der Waals surface area contributed by atoms with Gasteiger partial charge in [-0.2, -0.15) is 0 Å². The maximum atomic E-state index is 10.6. The van der Waals surface area contributed by atoms with Crippen LogP contribution in [-0.2, 0) is 4.79 Å². The summed E-state index contributed by atoms with van der Waals surface area (Å²) in [5.74, 6) is -0.779. The number of carbonyl (C=O) groups is 1. The van der Waals surface area contributed by atoms with E-state index in [2.05, 4.69) is 24.3 Å². The third kappa shape index (κ3) is 2.25. The van der Waals surface area contributed by atoms with Crippen LogP contribution in [-0.4, -0.2) is 48.2 Å². The van der Waals surface area contributed by atoms with Gasteiger partial charge in [-0.15, -0.1) is 0 Å². The van der Waals surface area contributed by atoms with Crippen LogP contribution in [0.5, 0.6) is 0 Å². The van der Waals surface area contributed by atoms with Gasteiger partial charge in [0, 0.05) is 12.1 Å². The molecule has 1 aliphatic rings. The molecule has 0 aromatic carbocycles. The topological polar surface area (TPSA) is 52.6 Å². The van der Waals surface area contributed by atoms with Crippen LogP contribution >= 0.6 is 0 Å². The van der Waals surface area contributed by atoms with Crippen LogP contribution in [0.1, 0.15) is 26.2 Å². The van der Waals surface area contributed by atoms with Crippen molar-refractivity contribution in [3.8, 4) is 0 Å². The molecule has 1 rings (SSSR count). The minimum absolute atomic E-state index is 0.198. The summed E-state index contributed by atoms with van der Waals surface area (Å²) in [7, 11) is 4.12. The molecule has 0 heterocycles. The third-order valence-electron chi connectivity index (χ3n) is 3.34. The Morgan fingerprint density at radius 3 is 2.43 bits per heavy atom. The summed E-state index contributed by atoms with van der Waals surface area (Å²) in [6.45, 7) is 2.46. The number of hydrogen-bond donors (Lipinski definition) is 2. The molecule has 0 aliphatic heterocycles. The number of rotatable bonds is 5. The zero-order valence-corrected chi connectivity index (χ0v) is 9.21. The lowest BCUT2D eigenvalue weighted by Gasteiger charge is -2.47. The molecule has 1 unspecified atom stereocenters. The van der Waals surface area contributed by atoms with Crippen molar-refractivity contribution in [3.63, 3.8) is 0 Å². The highest BCUT2D eigenvalue weighted by molar-refractivity contribution is 5.72. The summed E-state index contributed by atoms with van der Waals surface area (Å²) in [6.07, 6.45) is 3.58. The number of aliphatic carboxylic acids is 1. The van der Waals surface area contributed by atoms with Crippen LogP contribution in [0.15, 0.2) is 0 Å². The summed E-state index contributed by atoms with van der Waals surface area (Å²) < 4.78 is 0. The van der Waals surface area contributed by atoms with Crippen molar-refractivity contribution in [2.24, 2.45) is 0 Å². The molecule has 1 fully saturated rings. The average Bonchev–Trinajstić information content (AvgIpc) is 2.00. The SMILES string of the molecule is CC(NCC1(N(C)C)CCC1)C(=O)O. The molecule has 82 valence electrons. The van der Waals surface area contributed by atoms with Crippen LogP contribution < -0.4 is 5.32 Å². The maximum absolute atomic E-state index is 10.6. The first-order chi connectivity index (χ1) is 6.48. The van der Waals surface area contributed by atoms with E-state index in [1.807, 2.05) is 0 Å². The molecule has 0 aromatic rings. The van der Waals surface area contributed by atoms with Gasteiger partial charge in [-0.1, -0.05) is 0 Å². The highest BCUT2D eigenvalue weighted by Crippen LogP contribution is 2.35. The molecule has 1 atom stereocenters. The van der Waals surface area contributed by atoms with Gasteiger partial charge >= 0.3 is 5.97 Å². The van der Waals surface area contributed by atoms with Crippen molar-refractivity contribution in [1.82, 2.24) is 10.2 Å². The first kappa shape index (κ1) is 11.5. The van der Waals surface area contributed by atoms with E-state index in [1.165, 1.54) is 19.3 Å². The lowest BCUT2D eigenvalue weighted by molar-refractivity contribution is -0.139. The molecule has 4 heteroatoms. The summed E-state index contributed by atoms with van der Waals surface area (Å²) in [5.41, 5.74) is 0.198. The summed E-state index contributed by atoms with van der Waals surface area (Å²) >= 11 is 0. The Morgan fingerprint density at radius 1 is 1.57 bits per heavy atom. The van der Waals surface area contributed by atoms with E-state index in [4.69, 9.17) is 5.11 Å². The van der Waals surface area contributed by atoms with Crippen LogP contribution in [0.4, 0.5) is 0 Å². The van der Waals surface area contributed by atoms with Crippen molar-refractivity contribution < 1.29 is 9.90 Å². The third-order valence-corrected chi connectivity index (χ3v) is 3.34. The highest BCUT2D eigenvalue weighted by atomic mass is 16.4. The lowest BCUT2D eigenvalue weighted by Crippen LogP contribution is -2.58. The normalized spacial score (nSPS) is 21.7. The Labute approximate surface area is 85.3 Å². The van der Waals surface area contributed by atoms with Gasteiger partial charge in [0.2, 0.25) is 0 Å². The Bertz CT molecular complexity index is 212. The second-order valence-electron chi connectivity index (χ2n) is 4.41. The predicted octanol–water partition coefficient (Wildman–Crippen LogP) is 0.533.